The Bertz CT molecular complexity index is 476. The highest BCUT2D eigenvalue weighted by atomic mass is 79.9. The predicted molar refractivity (Wildman–Crippen MR) is 89.0 cm³/mol. The zero-order valence-electron chi connectivity index (χ0n) is 13.0. The molecule has 2 N–H and O–H groups in total. The van der Waals surface area contributed by atoms with Crippen molar-refractivity contribution in [1.82, 2.24) is 10.2 Å². The fourth-order valence-corrected chi connectivity index (χ4v) is 3.48. The van der Waals surface area contributed by atoms with Crippen molar-refractivity contribution in [2.24, 2.45) is 5.92 Å². The van der Waals surface area contributed by atoms with E-state index in [0.717, 1.165) is 42.6 Å². The van der Waals surface area contributed by atoms with Crippen molar-refractivity contribution in [2.75, 3.05) is 33.3 Å². The van der Waals surface area contributed by atoms with E-state index in [1.54, 1.807) is 7.11 Å². The summed E-state index contributed by atoms with van der Waals surface area (Å²) in [5, 5.41) is 14.0. The maximum absolute atomic E-state index is 10.6. The standard InChI is InChI=1S/C16H25BrN2O2/c1-4-11(2)15(19-7-5-18-6-8-19)13-9-12(17)10-14(21-3)16(13)20/h9-11,15,18,20H,4-8H2,1-3H3/t11?,15-/m1/s1. The van der Waals surface area contributed by atoms with Crippen LogP contribution < -0.4 is 10.1 Å². The molecule has 1 fully saturated rings. The topological polar surface area (TPSA) is 44.7 Å². The van der Waals surface area contributed by atoms with Crippen LogP contribution in [-0.2, 0) is 0 Å². The van der Waals surface area contributed by atoms with Crippen molar-refractivity contribution in [3.05, 3.63) is 22.2 Å². The molecular weight excluding hydrogens is 332 g/mol. The van der Waals surface area contributed by atoms with Crippen molar-refractivity contribution < 1.29 is 9.84 Å². The highest BCUT2D eigenvalue weighted by molar-refractivity contribution is 9.10. The molecule has 0 saturated carbocycles. The molecule has 0 bridgehead atoms. The molecule has 21 heavy (non-hydrogen) atoms. The van der Waals surface area contributed by atoms with E-state index in [1.807, 2.05) is 12.1 Å². The third-order valence-electron chi connectivity index (χ3n) is 4.34. The van der Waals surface area contributed by atoms with Crippen LogP contribution in [0.15, 0.2) is 16.6 Å². The molecule has 0 aromatic heterocycles. The van der Waals surface area contributed by atoms with Crippen molar-refractivity contribution >= 4 is 15.9 Å². The van der Waals surface area contributed by atoms with Crippen LogP contribution >= 0.6 is 15.9 Å². The number of benzene rings is 1. The lowest BCUT2D eigenvalue weighted by molar-refractivity contribution is 0.126. The Hall–Kier alpha value is -0.780. The van der Waals surface area contributed by atoms with Gasteiger partial charge in [0.1, 0.15) is 0 Å². The van der Waals surface area contributed by atoms with E-state index < -0.39 is 0 Å². The minimum absolute atomic E-state index is 0.212. The zero-order chi connectivity index (χ0) is 15.4. The van der Waals surface area contributed by atoms with Crippen LogP contribution in [0.25, 0.3) is 0 Å². The van der Waals surface area contributed by atoms with Gasteiger partial charge in [0.25, 0.3) is 0 Å². The summed E-state index contributed by atoms with van der Waals surface area (Å²) in [5.41, 5.74) is 0.956. The van der Waals surface area contributed by atoms with Crippen LogP contribution in [0.4, 0.5) is 0 Å². The molecule has 1 aliphatic heterocycles. The molecule has 5 heteroatoms. The van der Waals surface area contributed by atoms with Gasteiger partial charge in [-0.25, -0.2) is 0 Å². The number of hydrogen-bond donors (Lipinski definition) is 2. The molecule has 0 spiro atoms. The van der Waals surface area contributed by atoms with Gasteiger partial charge in [0, 0.05) is 42.3 Å². The number of aromatic hydroxyl groups is 1. The van der Waals surface area contributed by atoms with Gasteiger partial charge < -0.3 is 15.2 Å². The number of phenolic OH excluding ortho intramolecular Hbond substituents is 1. The molecule has 1 aliphatic rings. The maximum Gasteiger partial charge on any atom is 0.162 e. The summed E-state index contributed by atoms with van der Waals surface area (Å²) in [5.74, 6) is 1.26. The van der Waals surface area contributed by atoms with Crippen molar-refractivity contribution in [3.63, 3.8) is 0 Å². The minimum Gasteiger partial charge on any atom is -0.504 e. The Kier molecular flexibility index (Phi) is 5.90. The van der Waals surface area contributed by atoms with E-state index >= 15 is 0 Å². The molecule has 1 aromatic carbocycles. The van der Waals surface area contributed by atoms with E-state index in [4.69, 9.17) is 4.74 Å². The first-order valence-electron chi connectivity index (χ1n) is 7.59. The van der Waals surface area contributed by atoms with Crippen molar-refractivity contribution in [3.8, 4) is 11.5 Å². The fraction of sp³-hybridized carbons (Fsp3) is 0.625. The van der Waals surface area contributed by atoms with Gasteiger partial charge in [-0.15, -0.1) is 0 Å². The smallest absolute Gasteiger partial charge is 0.162 e. The molecule has 0 amide bonds. The summed E-state index contributed by atoms with van der Waals surface area (Å²) in [6, 6.07) is 4.05. The fourth-order valence-electron chi connectivity index (χ4n) is 3.02. The molecule has 1 saturated heterocycles. The molecule has 2 atom stereocenters. The molecule has 118 valence electrons. The summed E-state index contributed by atoms with van der Waals surface area (Å²) in [7, 11) is 1.59. The molecule has 1 aromatic rings. The van der Waals surface area contributed by atoms with Crippen molar-refractivity contribution in [2.45, 2.75) is 26.3 Å². The zero-order valence-corrected chi connectivity index (χ0v) is 14.6. The maximum atomic E-state index is 10.6. The number of halogens is 1. The molecule has 1 unspecified atom stereocenters. The van der Waals surface area contributed by atoms with Gasteiger partial charge in [-0.3, -0.25) is 4.90 Å². The van der Waals surface area contributed by atoms with E-state index in [9.17, 15) is 5.11 Å². The van der Waals surface area contributed by atoms with E-state index in [-0.39, 0.29) is 11.8 Å². The Morgan fingerprint density at radius 2 is 2.05 bits per heavy atom. The van der Waals surface area contributed by atoms with Crippen LogP contribution in [0.1, 0.15) is 31.9 Å². The largest absolute Gasteiger partial charge is 0.504 e. The third-order valence-corrected chi connectivity index (χ3v) is 4.79. The molecular formula is C16H25BrN2O2. The second-order valence-corrected chi connectivity index (χ2v) is 6.58. The molecule has 1 heterocycles. The Morgan fingerprint density at radius 1 is 1.38 bits per heavy atom. The first-order chi connectivity index (χ1) is 10.1. The van der Waals surface area contributed by atoms with E-state index in [0.29, 0.717) is 11.7 Å². The van der Waals surface area contributed by atoms with Crippen LogP contribution in [0.3, 0.4) is 0 Å². The quantitative estimate of drug-likeness (QED) is 0.850. The average Bonchev–Trinajstić information content (AvgIpc) is 2.51. The average molecular weight is 357 g/mol. The first kappa shape index (κ1) is 16.6. The first-order valence-corrected chi connectivity index (χ1v) is 8.39. The van der Waals surface area contributed by atoms with E-state index in [1.165, 1.54) is 0 Å². The van der Waals surface area contributed by atoms with Gasteiger partial charge in [0.2, 0.25) is 0 Å². The number of methoxy groups -OCH3 is 1. The summed E-state index contributed by atoms with van der Waals surface area (Å²) in [6.07, 6.45) is 1.07. The van der Waals surface area contributed by atoms with Crippen LogP contribution in [0, 0.1) is 5.92 Å². The number of rotatable bonds is 5. The van der Waals surface area contributed by atoms with Crippen LogP contribution in [0.2, 0.25) is 0 Å². The van der Waals surface area contributed by atoms with Crippen molar-refractivity contribution in [1.29, 1.82) is 0 Å². The highest BCUT2D eigenvalue weighted by Crippen LogP contribution is 2.42. The lowest BCUT2D eigenvalue weighted by Crippen LogP contribution is -2.46. The Labute approximate surface area is 135 Å². The number of nitrogens with one attached hydrogen (secondary N) is 1. The highest BCUT2D eigenvalue weighted by Gasteiger charge is 2.29. The number of nitrogens with zero attached hydrogens (tertiary/aromatic N) is 1. The third kappa shape index (κ3) is 3.71. The molecule has 4 nitrogen and oxygen atoms in total. The monoisotopic (exact) mass is 356 g/mol. The van der Waals surface area contributed by atoms with Crippen LogP contribution in [-0.4, -0.2) is 43.3 Å². The molecule has 0 aliphatic carbocycles. The summed E-state index contributed by atoms with van der Waals surface area (Å²) in [4.78, 5) is 2.46. The van der Waals surface area contributed by atoms with Gasteiger partial charge in [-0.1, -0.05) is 36.2 Å². The Morgan fingerprint density at radius 3 is 2.62 bits per heavy atom. The van der Waals surface area contributed by atoms with Crippen LogP contribution in [0.5, 0.6) is 11.5 Å². The SMILES string of the molecule is CCC(C)[C@H](c1cc(Br)cc(OC)c1O)N1CCNCC1. The molecule has 0 radical (unpaired) electrons. The number of piperazine rings is 1. The minimum atomic E-state index is 0.212. The Balaban J connectivity index is 2.42. The number of ether oxygens (including phenoxy) is 1. The number of hydrogen-bond acceptors (Lipinski definition) is 4. The molecule has 2 rings (SSSR count). The van der Waals surface area contributed by atoms with Gasteiger partial charge in [0.05, 0.1) is 7.11 Å². The lowest BCUT2D eigenvalue weighted by Gasteiger charge is -2.38. The van der Waals surface area contributed by atoms with E-state index in [2.05, 4.69) is 40.0 Å². The normalized spacial score (nSPS) is 19.2. The second-order valence-electron chi connectivity index (χ2n) is 5.66. The predicted octanol–water partition coefficient (Wildman–Crippen LogP) is 3.16. The van der Waals surface area contributed by atoms with Gasteiger partial charge in [0.15, 0.2) is 11.5 Å². The van der Waals surface area contributed by atoms with Gasteiger partial charge in [-0.2, -0.15) is 0 Å². The second kappa shape index (κ2) is 7.47. The summed E-state index contributed by atoms with van der Waals surface area (Å²) >= 11 is 3.53. The lowest BCUT2D eigenvalue weighted by atomic mass is 9.89. The number of phenols is 1. The summed E-state index contributed by atoms with van der Waals surface area (Å²) in [6.45, 7) is 8.45. The van der Waals surface area contributed by atoms with Gasteiger partial charge >= 0.3 is 0 Å². The summed E-state index contributed by atoms with van der Waals surface area (Å²) < 4.78 is 6.25. The van der Waals surface area contributed by atoms with Gasteiger partial charge in [-0.05, 0) is 18.1 Å².